The number of hydrogen-bond donors (Lipinski definition) is 0. The predicted octanol–water partition coefficient (Wildman–Crippen LogP) is 3.48. The summed E-state index contributed by atoms with van der Waals surface area (Å²) >= 11 is 0. The minimum Gasteiger partial charge on any atom is -0.361 e. The van der Waals surface area contributed by atoms with Gasteiger partial charge in [-0.2, -0.15) is 0 Å². The van der Waals surface area contributed by atoms with Gasteiger partial charge in [0.05, 0.1) is 17.0 Å². The summed E-state index contributed by atoms with van der Waals surface area (Å²) in [5, 5.41) is 4.05. The van der Waals surface area contributed by atoms with E-state index in [0.29, 0.717) is 11.8 Å². The monoisotopic (exact) mass is 396 g/mol. The third-order valence-corrected chi connectivity index (χ3v) is 6.77. The van der Waals surface area contributed by atoms with Gasteiger partial charge < -0.3 is 14.3 Å². The lowest BCUT2D eigenvalue weighted by atomic mass is 9.79. The highest BCUT2D eigenvalue weighted by atomic mass is 16.5. The molecular weight excluding hydrogens is 364 g/mol. The summed E-state index contributed by atoms with van der Waals surface area (Å²) in [5.74, 6) is 1.63. The molecule has 0 N–H and O–H groups in total. The molecule has 156 valence electrons. The number of aromatic nitrogens is 2. The molecule has 0 saturated carbocycles. The average molecular weight is 397 g/mol. The van der Waals surface area contributed by atoms with Gasteiger partial charge in [-0.05, 0) is 77.7 Å². The molecule has 6 nitrogen and oxygen atoms in total. The molecule has 4 heterocycles. The molecule has 2 saturated heterocycles. The Balaban J connectivity index is 1.41. The van der Waals surface area contributed by atoms with Crippen LogP contribution in [-0.2, 0) is 11.2 Å². The van der Waals surface area contributed by atoms with Crippen molar-refractivity contribution in [1.82, 2.24) is 19.9 Å². The van der Waals surface area contributed by atoms with Crippen LogP contribution in [0.3, 0.4) is 0 Å². The highest BCUT2D eigenvalue weighted by molar-refractivity contribution is 5.82. The molecule has 2 aliphatic rings. The Kier molecular flexibility index (Phi) is 5.47. The lowest BCUT2D eigenvalue weighted by Crippen LogP contribution is -2.47. The van der Waals surface area contributed by atoms with Gasteiger partial charge in [0.15, 0.2) is 0 Å². The van der Waals surface area contributed by atoms with Gasteiger partial charge in [-0.15, -0.1) is 0 Å². The molecule has 2 fully saturated rings. The largest absolute Gasteiger partial charge is 0.361 e. The smallest absolute Gasteiger partial charge is 0.228 e. The van der Waals surface area contributed by atoms with E-state index in [1.54, 1.807) is 0 Å². The molecule has 2 aromatic rings. The summed E-state index contributed by atoms with van der Waals surface area (Å²) in [6, 6.07) is 6.16. The van der Waals surface area contributed by atoms with Crippen LogP contribution in [0.15, 0.2) is 22.7 Å². The van der Waals surface area contributed by atoms with Crippen molar-refractivity contribution in [3.8, 4) is 11.3 Å². The van der Waals surface area contributed by atoms with E-state index in [2.05, 4.69) is 41.1 Å². The van der Waals surface area contributed by atoms with E-state index >= 15 is 0 Å². The maximum atomic E-state index is 13.2. The maximum absolute atomic E-state index is 13.2. The van der Waals surface area contributed by atoms with Gasteiger partial charge in [-0.3, -0.25) is 9.78 Å². The van der Waals surface area contributed by atoms with Gasteiger partial charge in [-0.1, -0.05) is 18.1 Å². The summed E-state index contributed by atoms with van der Waals surface area (Å²) in [7, 11) is 2.14. The maximum Gasteiger partial charge on any atom is 0.228 e. The van der Waals surface area contributed by atoms with Crippen LogP contribution in [0.5, 0.6) is 0 Å². The van der Waals surface area contributed by atoms with Crippen molar-refractivity contribution in [2.45, 2.75) is 46.5 Å². The Morgan fingerprint density at radius 1 is 1.24 bits per heavy atom. The molecule has 2 aliphatic heterocycles. The highest BCUT2D eigenvalue weighted by Gasteiger charge is 2.40. The quantitative estimate of drug-likeness (QED) is 0.792. The summed E-state index contributed by atoms with van der Waals surface area (Å²) in [4.78, 5) is 22.5. The van der Waals surface area contributed by atoms with Crippen LogP contribution in [0.1, 0.15) is 43.3 Å². The fourth-order valence-corrected chi connectivity index (χ4v) is 4.77. The molecular formula is C23H32N4O2. The van der Waals surface area contributed by atoms with Crippen molar-refractivity contribution < 1.29 is 9.32 Å². The van der Waals surface area contributed by atoms with E-state index < -0.39 is 0 Å². The number of hydrogen-bond acceptors (Lipinski definition) is 5. The van der Waals surface area contributed by atoms with Crippen molar-refractivity contribution in [3.05, 3.63) is 35.3 Å². The first-order valence-electron chi connectivity index (χ1n) is 10.7. The van der Waals surface area contributed by atoms with Gasteiger partial charge in [0.1, 0.15) is 5.76 Å². The van der Waals surface area contributed by atoms with Crippen LogP contribution in [0.25, 0.3) is 11.3 Å². The van der Waals surface area contributed by atoms with Gasteiger partial charge in [0, 0.05) is 24.2 Å². The molecule has 0 unspecified atom stereocenters. The molecule has 6 heteroatoms. The number of likely N-dealkylation sites (tertiary alicyclic amines) is 2. The van der Waals surface area contributed by atoms with E-state index in [1.165, 1.54) is 0 Å². The minimum atomic E-state index is -0.192. The zero-order valence-corrected chi connectivity index (χ0v) is 18.1. The van der Waals surface area contributed by atoms with Crippen molar-refractivity contribution in [1.29, 1.82) is 0 Å². The van der Waals surface area contributed by atoms with Crippen molar-refractivity contribution in [2.24, 2.45) is 11.3 Å². The Bertz CT molecular complexity index is 863. The summed E-state index contributed by atoms with van der Waals surface area (Å²) < 4.78 is 5.30. The highest BCUT2D eigenvalue weighted by Crippen LogP contribution is 2.35. The molecule has 0 spiro atoms. The normalized spacial score (nSPS) is 22.2. The van der Waals surface area contributed by atoms with Crippen LogP contribution in [-0.4, -0.2) is 59.1 Å². The molecule has 0 aromatic carbocycles. The van der Waals surface area contributed by atoms with Gasteiger partial charge in [-0.25, -0.2) is 0 Å². The second-order valence-electron chi connectivity index (χ2n) is 9.19. The number of pyridine rings is 1. The Hall–Kier alpha value is -2.21. The number of carbonyl (C=O) groups is 1. The number of rotatable bonds is 4. The first kappa shape index (κ1) is 20.1. The van der Waals surface area contributed by atoms with Crippen molar-refractivity contribution in [3.63, 3.8) is 0 Å². The summed E-state index contributed by atoms with van der Waals surface area (Å²) in [5.41, 5.74) is 3.67. The topological polar surface area (TPSA) is 62.5 Å². The van der Waals surface area contributed by atoms with Crippen molar-refractivity contribution >= 4 is 5.91 Å². The molecule has 2 aromatic heterocycles. The van der Waals surface area contributed by atoms with Crippen LogP contribution in [0.2, 0.25) is 0 Å². The Morgan fingerprint density at radius 3 is 2.69 bits per heavy atom. The standard InChI is InChI=1S/C23H32N4O2/c1-16-21(17(2)29-25-16)20-7-5-6-19(24-20)14-18-8-11-27(15-18)22(28)23(3)9-12-26(4)13-10-23/h5-7,18H,8-15H2,1-4H3/t18-/m0/s1. The first-order chi connectivity index (χ1) is 13.9. The molecule has 1 atom stereocenters. The Labute approximate surface area is 173 Å². The summed E-state index contributed by atoms with van der Waals surface area (Å²) in [6.45, 7) is 9.78. The van der Waals surface area contributed by atoms with E-state index in [4.69, 9.17) is 9.51 Å². The first-order valence-corrected chi connectivity index (χ1v) is 10.7. The SMILES string of the molecule is Cc1noc(C)c1-c1cccc(C[C@@H]2CCN(C(=O)C3(C)CCN(C)CC3)C2)n1. The van der Waals surface area contributed by atoms with Gasteiger partial charge in [0.25, 0.3) is 0 Å². The Morgan fingerprint density at radius 2 is 2.00 bits per heavy atom. The lowest BCUT2D eigenvalue weighted by molar-refractivity contribution is -0.142. The van der Waals surface area contributed by atoms with E-state index in [9.17, 15) is 4.79 Å². The zero-order valence-electron chi connectivity index (χ0n) is 18.1. The number of nitrogens with zero attached hydrogens (tertiary/aromatic N) is 4. The van der Waals surface area contributed by atoms with Gasteiger partial charge >= 0.3 is 0 Å². The van der Waals surface area contributed by atoms with Crippen molar-refractivity contribution in [2.75, 3.05) is 33.2 Å². The molecule has 0 aliphatic carbocycles. The van der Waals surface area contributed by atoms with Crippen LogP contribution >= 0.6 is 0 Å². The molecule has 4 rings (SSSR count). The van der Waals surface area contributed by atoms with E-state index in [0.717, 1.165) is 80.3 Å². The molecule has 1 amide bonds. The van der Waals surface area contributed by atoms with E-state index in [-0.39, 0.29) is 5.41 Å². The molecule has 29 heavy (non-hydrogen) atoms. The number of amides is 1. The molecule has 0 bridgehead atoms. The van der Waals surface area contributed by atoms with Crippen LogP contribution in [0.4, 0.5) is 0 Å². The van der Waals surface area contributed by atoms with Crippen LogP contribution < -0.4 is 0 Å². The van der Waals surface area contributed by atoms with Gasteiger partial charge in [0.2, 0.25) is 5.91 Å². The molecule has 0 radical (unpaired) electrons. The second kappa shape index (κ2) is 7.90. The fraction of sp³-hybridized carbons (Fsp3) is 0.609. The van der Waals surface area contributed by atoms with E-state index in [1.807, 2.05) is 19.9 Å². The number of aryl methyl sites for hydroxylation is 2. The average Bonchev–Trinajstić information content (AvgIpc) is 3.30. The fourth-order valence-electron chi connectivity index (χ4n) is 4.77. The third kappa shape index (κ3) is 4.08. The zero-order chi connectivity index (χ0) is 20.6. The third-order valence-electron chi connectivity index (χ3n) is 6.77. The number of carbonyl (C=O) groups excluding carboxylic acids is 1. The lowest BCUT2D eigenvalue weighted by Gasteiger charge is -2.39. The van der Waals surface area contributed by atoms with Crippen LogP contribution in [0, 0.1) is 25.2 Å². The second-order valence-corrected chi connectivity index (χ2v) is 9.19. The number of piperidine rings is 1. The summed E-state index contributed by atoms with van der Waals surface area (Å²) in [6.07, 6.45) is 3.88. The minimum absolute atomic E-state index is 0.192. The predicted molar refractivity (Wildman–Crippen MR) is 112 cm³/mol.